The molecule has 0 spiro atoms. The molecule has 4 aliphatic heterocycles. The topological polar surface area (TPSA) is 443 Å². The minimum absolute atomic E-state index is 0.924. The average Bonchev–Trinajstić information content (AvgIpc) is 3.11. The zero-order valence-electron chi connectivity index (χ0n) is 28.7. The summed E-state index contributed by atoms with van der Waals surface area (Å²) in [5.74, 6) is -0.936. The lowest BCUT2D eigenvalue weighted by Crippen LogP contribution is -2.70. The monoisotopic (exact) mass is 867 g/mol. The standard InChI is InChI=1S/C26H45NO27S2/c1-6(32)27-11-20(52-25-16(37)21(53-55(40,41)42)13(34)8(3-29)48-25)12(33)7(2-28)47-24(11)51-19-10(5-31)49-26(17(38)22(19)54-56(43,44)45)50-18-9(4-30)46-23(39)15(36)14(18)35/h7-26,28-31,33-39H,2-5H2,1H3,(H,27,32)(H,40,41,42)(H,43,44,45)/t7-,8-,9-,10-,11-,12-,13+,14-,15-,16-,17-,18-,19+,20-,21+,22-,23-,24+,25+,26+/m1/s1. The third kappa shape index (κ3) is 11.0. The molecule has 4 fully saturated rings. The van der Waals surface area contributed by atoms with E-state index in [1.54, 1.807) is 0 Å². The van der Waals surface area contributed by atoms with Crippen LogP contribution in [0.1, 0.15) is 6.92 Å². The number of amides is 1. The Kier molecular flexibility index (Phi) is 16.2. The van der Waals surface area contributed by atoms with Crippen LogP contribution in [0.3, 0.4) is 0 Å². The first-order chi connectivity index (χ1) is 26.0. The van der Waals surface area contributed by atoms with Crippen molar-refractivity contribution in [3.63, 3.8) is 0 Å². The quantitative estimate of drug-likeness (QED) is 0.0680. The van der Waals surface area contributed by atoms with Crippen molar-refractivity contribution in [2.24, 2.45) is 0 Å². The summed E-state index contributed by atoms with van der Waals surface area (Å²) in [6.45, 7) is -3.37. The Morgan fingerprint density at radius 2 is 0.929 bits per heavy atom. The predicted molar refractivity (Wildman–Crippen MR) is 166 cm³/mol. The first-order valence-electron chi connectivity index (χ1n) is 16.4. The minimum atomic E-state index is -5.58. The maximum absolute atomic E-state index is 12.4. The van der Waals surface area contributed by atoms with Crippen molar-refractivity contribution in [3.8, 4) is 0 Å². The Bertz CT molecular complexity index is 1510. The number of carbonyl (C=O) groups excluding carboxylic acids is 1. The molecule has 0 unspecified atom stereocenters. The van der Waals surface area contributed by atoms with Crippen LogP contribution in [0.15, 0.2) is 0 Å². The third-order valence-electron chi connectivity index (χ3n) is 9.02. The second kappa shape index (κ2) is 19.3. The normalized spacial score (nSPS) is 45.3. The van der Waals surface area contributed by atoms with E-state index >= 15 is 0 Å². The largest absolute Gasteiger partial charge is 0.397 e. The smallest absolute Gasteiger partial charge is 0.394 e. The molecule has 328 valence electrons. The molecule has 14 N–H and O–H groups in total. The number of ether oxygens (including phenoxy) is 7. The fraction of sp³-hybridized carbons (Fsp3) is 0.962. The van der Waals surface area contributed by atoms with E-state index in [0.717, 1.165) is 6.92 Å². The van der Waals surface area contributed by atoms with E-state index in [-0.39, 0.29) is 0 Å². The Morgan fingerprint density at radius 1 is 0.518 bits per heavy atom. The van der Waals surface area contributed by atoms with Crippen molar-refractivity contribution in [2.75, 3.05) is 26.4 Å². The maximum atomic E-state index is 12.4. The van der Waals surface area contributed by atoms with Crippen LogP contribution in [-0.2, 0) is 67.1 Å². The number of nitrogens with one attached hydrogen (secondary N) is 1. The molecule has 0 aromatic heterocycles. The number of hydrogen-bond donors (Lipinski definition) is 14. The highest BCUT2D eigenvalue weighted by Gasteiger charge is 2.57. The van der Waals surface area contributed by atoms with Crippen LogP contribution >= 0.6 is 0 Å². The van der Waals surface area contributed by atoms with Gasteiger partial charge in [0, 0.05) is 6.92 Å². The Balaban J connectivity index is 1.69. The SMILES string of the molecule is CC(=O)N[C@H]1[C@H](O[C@@H]2[C@H](OS(=O)(=O)O)[C@@H](O)[C@H](O[C@H]3[C@H](O)[C@@H](O)[C@H](O)O[C@@H]3CO)O[C@@H]2CO)O[C@H](CO)[C@@H](O)[C@@H]1O[C@@H]1O[C@H](CO)[C@H](O)[C@H](OS(=O)(=O)O)[C@H]1O. The van der Waals surface area contributed by atoms with Gasteiger partial charge < -0.3 is 94.6 Å². The Labute approximate surface area is 316 Å². The van der Waals surface area contributed by atoms with Crippen molar-refractivity contribution in [3.05, 3.63) is 0 Å². The minimum Gasteiger partial charge on any atom is -0.394 e. The maximum Gasteiger partial charge on any atom is 0.397 e. The summed E-state index contributed by atoms with van der Waals surface area (Å²) >= 11 is 0. The van der Waals surface area contributed by atoms with Gasteiger partial charge in [-0.25, -0.2) is 8.37 Å². The van der Waals surface area contributed by atoms with Gasteiger partial charge >= 0.3 is 20.8 Å². The third-order valence-corrected chi connectivity index (χ3v) is 9.95. The Hall–Kier alpha value is -1.51. The van der Waals surface area contributed by atoms with Gasteiger partial charge in [-0.1, -0.05) is 0 Å². The van der Waals surface area contributed by atoms with E-state index in [1.807, 2.05) is 0 Å². The zero-order valence-corrected chi connectivity index (χ0v) is 30.4. The van der Waals surface area contributed by atoms with Crippen LogP contribution in [0, 0.1) is 0 Å². The summed E-state index contributed by atoms with van der Waals surface area (Å²) in [5, 5.41) is 116. The first kappa shape index (κ1) is 47.2. The zero-order chi connectivity index (χ0) is 42.0. The number of rotatable bonds is 15. The number of carbonyl (C=O) groups is 1. The molecule has 0 aromatic rings. The fourth-order valence-electron chi connectivity index (χ4n) is 6.42. The molecule has 4 aliphatic rings. The van der Waals surface area contributed by atoms with Crippen molar-refractivity contribution in [1.29, 1.82) is 0 Å². The lowest BCUT2D eigenvalue weighted by molar-refractivity contribution is -0.376. The molecular weight excluding hydrogens is 822 g/mol. The summed E-state index contributed by atoms with van der Waals surface area (Å²) in [7, 11) is -11.0. The lowest BCUT2D eigenvalue weighted by atomic mass is 9.94. The second-order valence-electron chi connectivity index (χ2n) is 12.9. The molecule has 0 aliphatic carbocycles. The fourth-order valence-corrected chi connectivity index (χ4v) is 7.43. The summed E-state index contributed by atoms with van der Waals surface area (Å²) in [5.41, 5.74) is 0. The van der Waals surface area contributed by atoms with Gasteiger partial charge in [0.25, 0.3) is 0 Å². The molecule has 4 saturated heterocycles. The Morgan fingerprint density at radius 3 is 1.43 bits per heavy atom. The summed E-state index contributed by atoms with van der Waals surface area (Å²) in [6.07, 6.45) is -39.3. The number of aliphatic hydroxyl groups excluding tert-OH is 11. The highest BCUT2D eigenvalue weighted by molar-refractivity contribution is 7.81. The van der Waals surface area contributed by atoms with Crippen LogP contribution in [0.25, 0.3) is 0 Å². The van der Waals surface area contributed by atoms with Crippen molar-refractivity contribution in [2.45, 2.75) is 130 Å². The van der Waals surface area contributed by atoms with Crippen LogP contribution in [0.4, 0.5) is 0 Å². The predicted octanol–water partition coefficient (Wildman–Crippen LogP) is -9.95. The van der Waals surface area contributed by atoms with Crippen molar-refractivity contribution >= 4 is 26.7 Å². The van der Waals surface area contributed by atoms with Gasteiger partial charge in [0.15, 0.2) is 25.2 Å². The van der Waals surface area contributed by atoms with Gasteiger partial charge in [0.1, 0.15) is 97.6 Å². The molecule has 1 amide bonds. The summed E-state index contributed by atoms with van der Waals surface area (Å²) in [4.78, 5) is 12.4. The van der Waals surface area contributed by atoms with E-state index in [0.29, 0.717) is 0 Å². The van der Waals surface area contributed by atoms with Gasteiger partial charge in [-0.15, -0.1) is 0 Å². The van der Waals surface area contributed by atoms with Gasteiger partial charge in [-0.3, -0.25) is 13.9 Å². The van der Waals surface area contributed by atoms with Crippen LogP contribution in [0.5, 0.6) is 0 Å². The van der Waals surface area contributed by atoms with E-state index in [2.05, 4.69) is 13.7 Å². The number of hydrogen-bond acceptors (Lipinski definition) is 25. The van der Waals surface area contributed by atoms with E-state index in [1.165, 1.54) is 0 Å². The van der Waals surface area contributed by atoms with Crippen molar-refractivity contribution in [1.82, 2.24) is 5.32 Å². The average molecular weight is 868 g/mol. The van der Waals surface area contributed by atoms with Gasteiger partial charge in [-0.05, 0) is 0 Å². The first-order valence-corrected chi connectivity index (χ1v) is 19.1. The van der Waals surface area contributed by atoms with Crippen LogP contribution in [-0.4, -0.2) is 237 Å². The molecule has 28 nitrogen and oxygen atoms in total. The molecule has 30 heteroatoms. The highest BCUT2D eigenvalue weighted by Crippen LogP contribution is 2.36. The van der Waals surface area contributed by atoms with Crippen LogP contribution < -0.4 is 5.32 Å². The molecule has 4 rings (SSSR count). The van der Waals surface area contributed by atoms with Crippen LogP contribution in [0.2, 0.25) is 0 Å². The highest BCUT2D eigenvalue weighted by atomic mass is 32.3. The van der Waals surface area contributed by atoms with Gasteiger partial charge in [-0.2, -0.15) is 16.8 Å². The molecule has 4 heterocycles. The molecule has 0 radical (unpaired) electrons. The molecule has 56 heavy (non-hydrogen) atoms. The van der Waals surface area contributed by atoms with E-state index in [4.69, 9.17) is 33.2 Å². The van der Waals surface area contributed by atoms with Gasteiger partial charge in [0.05, 0.1) is 26.4 Å². The summed E-state index contributed by atoms with van der Waals surface area (Å²) < 4.78 is 113. The number of aliphatic hydroxyl groups is 11. The molecule has 0 aromatic carbocycles. The molecule has 0 saturated carbocycles. The van der Waals surface area contributed by atoms with Crippen molar-refractivity contribution < 1.29 is 128 Å². The van der Waals surface area contributed by atoms with Gasteiger partial charge in [0.2, 0.25) is 5.91 Å². The lowest BCUT2D eigenvalue weighted by Gasteiger charge is -2.50. The second-order valence-corrected chi connectivity index (χ2v) is 15.0. The van der Waals surface area contributed by atoms with E-state index in [9.17, 15) is 86.9 Å². The van der Waals surface area contributed by atoms with E-state index < -0.39 is 176 Å². The molecule has 20 atom stereocenters. The summed E-state index contributed by atoms with van der Waals surface area (Å²) in [6, 6.07) is -1.88. The molecular formula is C26H45NO27S2. The molecule has 0 bridgehead atoms.